The highest BCUT2D eigenvalue weighted by Crippen LogP contribution is 2.14. The first-order valence-corrected chi connectivity index (χ1v) is 5.65. The molecule has 14 heavy (non-hydrogen) atoms. The number of hydrogen-bond acceptors (Lipinski definition) is 0. The molecule has 1 rings (SSSR count). The third-order valence-corrected chi connectivity index (χ3v) is 2.13. The Morgan fingerprint density at radius 3 is 2.07 bits per heavy atom. The minimum Gasteiger partial charge on any atom is -0.0683 e. The minimum atomic E-state index is 0.756. The van der Waals surface area contributed by atoms with Gasteiger partial charge < -0.3 is 0 Å². The Kier molecular flexibility index (Phi) is 6.27. The van der Waals surface area contributed by atoms with Gasteiger partial charge in [-0.05, 0) is 37.3 Å². The van der Waals surface area contributed by atoms with E-state index in [-0.39, 0.29) is 0 Å². The fourth-order valence-corrected chi connectivity index (χ4v) is 1.51. The third-order valence-electron chi connectivity index (χ3n) is 2.13. The summed E-state index contributed by atoms with van der Waals surface area (Å²) in [7, 11) is 0. The van der Waals surface area contributed by atoms with Crippen molar-refractivity contribution in [2.24, 2.45) is 5.92 Å². The second kappa shape index (κ2) is 6.64. The molecule has 80 valence electrons. The lowest BCUT2D eigenvalue weighted by Crippen LogP contribution is -1.96. The van der Waals surface area contributed by atoms with Gasteiger partial charge in [0, 0.05) is 0 Å². The van der Waals surface area contributed by atoms with Gasteiger partial charge in [0.2, 0.25) is 0 Å². The lowest BCUT2D eigenvalue weighted by atomic mass is 9.97. The smallest absolute Gasteiger partial charge is 0.0253 e. The largest absolute Gasteiger partial charge is 0.0683 e. The fourth-order valence-electron chi connectivity index (χ4n) is 1.51. The highest BCUT2D eigenvalue weighted by atomic mass is 14.1. The van der Waals surface area contributed by atoms with Crippen LogP contribution >= 0.6 is 0 Å². The van der Waals surface area contributed by atoms with Crippen molar-refractivity contribution >= 4 is 0 Å². The maximum atomic E-state index is 2.26. The first-order valence-electron chi connectivity index (χ1n) is 5.65. The van der Waals surface area contributed by atoms with E-state index in [1.165, 1.54) is 23.1 Å². The maximum absolute atomic E-state index is 2.26. The van der Waals surface area contributed by atoms with Gasteiger partial charge in [-0.25, -0.2) is 0 Å². The first-order chi connectivity index (χ1) is 6.59. The number of aryl methyl sites for hydroxylation is 2. The Hall–Kier alpha value is -0.780. The van der Waals surface area contributed by atoms with Crippen molar-refractivity contribution in [3.8, 4) is 0 Å². The van der Waals surface area contributed by atoms with Crippen LogP contribution in [0.2, 0.25) is 0 Å². The lowest BCUT2D eigenvalue weighted by Gasteiger charge is -2.08. The van der Waals surface area contributed by atoms with E-state index in [4.69, 9.17) is 0 Å². The average Bonchev–Trinajstić information content (AvgIpc) is 2.13. The topological polar surface area (TPSA) is 0 Å². The lowest BCUT2D eigenvalue weighted by molar-refractivity contribution is 0.645. The summed E-state index contributed by atoms with van der Waals surface area (Å²) in [4.78, 5) is 0. The van der Waals surface area contributed by atoms with Crippen molar-refractivity contribution in [1.29, 1.82) is 0 Å². The van der Waals surface area contributed by atoms with Gasteiger partial charge in [-0.3, -0.25) is 0 Å². The molecular formula is C14H24. The molecular weight excluding hydrogens is 168 g/mol. The second-order valence-corrected chi connectivity index (χ2v) is 4.03. The number of rotatable bonds is 2. The summed E-state index contributed by atoms with van der Waals surface area (Å²) in [6, 6.07) is 6.72. The van der Waals surface area contributed by atoms with Crippen LogP contribution in [0, 0.1) is 19.8 Å². The molecule has 0 aliphatic carbocycles. The summed E-state index contributed by atoms with van der Waals surface area (Å²) in [6.07, 6.45) is 1.20. The zero-order valence-corrected chi connectivity index (χ0v) is 10.5. The van der Waals surface area contributed by atoms with E-state index in [9.17, 15) is 0 Å². The van der Waals surface area contributed by atoms with Crippen LogP contribution in [0.4, 0.5) is 0 Å². The minimum absolute atomic E-state index is 0.756. The summed E-state index contributed by atoms with van der Waals surface area (Å²) in [5.74, 6) is 0.756. The van der Waals surface area contributed by atoms with Crippen molar-refractivity contribution < 1.29 is 0 Å². The van der Waals surface area contributed by atoms with Crippen LogP contribution in [0.1, 0.15) is 44.4 Å². The Bertz CT molecular complexity index is 259. The molecule has 0 spiro atoms. The molecule has 0 nitrogen and oxygen atoms in total. The molecule has 0 saturated carbocycles. The van der Waals surface area contributed by atoms with Gasteiger partial charge in [0.05, 0.1) is 0 Å². The predicted octanol–water partition coefficient (Wildman–Crippen LogP) is 4.53. The van der Waals surface area contributed by atoms with Gasteiger partial charge in [0.1, 0.15) is 0 Å². The molecule has 0 aromatic heterocycles. The van der Waals surface area contributed by atoms with E-state index in [2.05, 4.69) is 45.9 Å². The summed E-state index contributed by atoms with van der Waals surface area (Å²) < 4.78 is 0. The van der Waals surface area contributed by atoms with Crippen LogP contribution in [0.25, 0.3) is 0 Å². The Morgan fingerprint density at radius 1 is 1.07 bits per heavy atom. The molecule has 0 N–H and O–H groups in total. The van der Waals surface area contributed by atoms with Gasteiger partial charge in [0.25, 0.3) is 0 Å². The Morgan fingerprint density at radius 2 is 1.64 bits per heavy atom. The molecule has 0 aliphatic heterocycles. The van der Waals surface area contributed by atoms with Crippen LogP contribution in [-0.2, 0) is 6.42 Å². The van der Waals surface area contributed by atoms with Gasteiger partial charge >= 0.3 is 0 Å². The average molecular weight is 192 g/mol. The van der Waals surface area contributed by atoms with Crippen molar-refractivity contribution in [2.45, 2.75) is 48.0 Å². The highest BCUT2D eigenvalue weighted by Gasteiger charge is 2.00. The predicted molar refractivity (Wildman–Crippen MR) is 65.8 cm³/mol. The van der Waals surface area contributed by atoms with E-state index in [0.29, 0.717) is 0 Å². The zero-order chi connectivity index (χ0) is 11.1. The molecule has 0 heterocycles. The molecule has 0 unspecified atom stereocenters. The molecule has 1 aromatic rings. The maximum Gasteiger partial charge on any atom is -0.0253 e. The molecule has 0 atom stereocenters. The van der Waals surface area contributed by atoms with Crippen molar-refractivity contribution in [3.05, 3.63) is 34.9 Å². The Balaban J connectivity index is 0.000000791. The molecule has 0 heteroatoms. The zero-order valence-electron chi connectivity index (χ0n) is 10.5. The van der Waals surface area contributed by atoms with Crippen LogP contribution in [0.3, 0.4) is 0 Å². The van der Waals surface area contributed by atoms with Gasteiger partial charge in [-0.2, -0.15) is 0 Å². The summed E-state index contributed by atoms with van der Waals surface area (Å²) in [5.41, 5.74) is 4.29. The van der Waals surface area contributed by atoms with E-state index in [0.717, 1.165) is 5.92 Å². The summed E-state index contributed by atoms with van der Waals surface area (Å²) in [5, 5.41) is 0. The summed E-state index contributed by atoms with van der Waals surface area (Å²) in [6.45, 7) is 12.9. The monoisotopic (exact) mass is 192 g/mol. The van der Waals surface area contributed by atoms with Crippen LogP contribution in [-0.4, -0.2) is 0 Å². The third kappa shape index (κ3) is 4.45. The van der Waals surface area contributed by atoms with Crippen LogP contribution in [0.5, 0.6) is 0 Å². The molecule has 0 saturated heterocycles. The molecule has 1 aromatic carbocycles. The van der Waals surface area contributed by atoms with Crippen LogP contribution < -0.4 is 0 Å². The van der Waals surface area contributed by atoms with Gasteiger partial charge in [-0.15, -0.1) is 0 Å². The van der Waals surface area contributed by atoms with E-state index >= 15 is 0 Å². The molecule has 0 amide bonds. The van der Waals surface area contributed by atoms with E-state index < -0.39 is 0 Å². The van der Waals surface area contributed by atoms with Crippen molar-refractivity contribution in [3.63, 3.8) is 0 Å². The molecule has 0 aliphatic rings. The van der Waals surface area contributed by atoms with E-state index in [1.54, 1.807) is 0 Å². The van der Waals surface area contributed by atoms with Gasteiger partial charge in [-0.1, -0.05) is 51.5 Å². The highest BCUT2D eigenvalue weighted by molar-refractivity contribution is 5.30. The SMILES string of the molecule is CC.Cc1ccc(CC(C)C)c(C)c1. The van der Waals surface area contributed by atoms with Crippen molar-refractivity contribution in [1.82, 2.24) is 0 Å². The van der Waals surface area contributed by atoms with Gasteiger partial charge in [0.15, 0.2) is 0 Å². The first kappa shape index (κ1) is 13.2. The summed E-state index contributed by atoms with van der Waals surface area (Å²) >= 11 is 0. The quantitative estimate of drug-likeness (QED) is 0.646. The fraction of sp³-hybridized carbons (Fsp3) is 0.571. The molecule has 0 bridgehead atoms. The Labute approximate surface area is 89.4 Å². The second-order valence-electron chi connectivity index (χ2n) is 4.03. The molecule has 0 fully saturated rings. The normalized spacial score (nSPS) is 9.64. The van der Waals surface area contributed by atoms with E-state index in [1.807, 2.05) is 13.8 Å². The molecule has 0 radical (unpaired) electrons. The van der Waals surface area contributed by atoms with Crippen LogP contribution in [0.15, 0.2) is 18.2 Å². The number of benzene rings is 1. The number of hydrogen-bond donors (Lipinski definition) is 0. The van der Waals surface area contributed by atoms with Crippen molar-refractivity contribution in [2.75, 3.05) is 0 Å². The standard InChI is InChI=1S/C12H18.C2H6/c1-9(2)7-12-6-5-10(3)8-11(12)4;1-2/h5-6,8-9H,7H2,1-4H3;1-2H3.